The summed E-state index contributed by atoms with van der Waals surface area (Å²) >= 11 is 0. The molecule has 4 rings (SSSR count). The molecule has 6 nitrogen and oxygen atoms in total. The summed E-state index contributed by atoms with van der Waals surface area (Å²) in [6, 6.07) is 5.63. The fourth-order valence-corrected chi connectivity index (χ4v) is 4.27. The summed E-state index contributed by atoms with van der Waals surface area (Å²) in [4.78, 5) is 30.7. The van der Waals surface area contributed by atoms with Gasteiger partial charge in [0, 0.05) is 44.5 Å². The molecular formula is C20H25N5O. The molecule has 1 atom stereocenters. The van der Waals surface area contributed by atoms with Crippen molar-refractivity contribution >= 4 is 11.9 Å². The number of aryl methyl sites for hydroxylation is 2. The van der Waals surface area contributed by atoms with Gasteiger partial charge in [-0.15, -0.1) is 0 Å². The number of anilines is 1. The van der Waals surface area contributed by atoms with Gasteiger partial charge in [0.25, 0.3) is 5.91 Å². The number of hydrogen-bond donors (Lipinski definition) is 0. The molecule has 6 heteroatoms. The maximum atomic E-state index is 13.0. The van der Waals surface area contributed by atoms with Gasteiger partial charge in [0.1, 0.15) is 5.69 Å². The van der Waals surface area contributed by atoms with Crippen LogP contribution in [0.1, 0.15) is 46.7 Å². The molecular weight excluding hydrogens is 326 g/mol. The zero-order chi connectivity index (χ0) is 18.3. The van der Waals surface area contributed by atoms with Crippen LogP contribution in [0, 0.1) is 6.92 Å². The largest absolute Gasteiger partial charge is 0.347 e. The van der Waals surface area contributed by atoms with Gasteiger partial charge in [-0.3, -0.25) is 4.79 Å². The summed E-state index contributed by atoms with van der Waals surface area (Å²) in [5.41, 5.74) is 3.75. The van der Waals surface area contributed by atoms with Gasteiger partial charge in [-0.05, 0) is 50.3 Å². The van der Waals surface area contributed by atoms with Crippen molar-refractivity contribution < 1.29 is 4.79 Å². The number of aromatic nitrogens is 3. The molecule has 0 bridgehead atoms. The van der Waals surface area contributed by atoms with Crippen LogP contribution in [-0.2, 0) is 11.8 Å². The van der Waals surface area contributed by atoms with E-state index in [1.807, 2.05) is 55.2 Å². The van der Waals surface area contributed by atoms with Gasteiger partial charge in [-0.2, -0.15) is 0 Å². The topological polar surface area (TPSA) is 62.2 Å². The number of nitrogens with zero attached hydrogens (tertiary/aromatic N) is 5. The smallest absolute Gasteiger partial charge is 0.272 e. The van der Waals surface area contributed by atoms with Crippen LogP contribution in [0.15, 0.2) is 24.4 Å². The van der Waals surface area contributed by atoms with Crippen LogP contribution < -0.4 is 4.90 Å². The van der Waals surface area contributed by atoms with E-state index < -0.39 is 0 Å². The number of carbonyl (C=O) groups excluding carboxylic acids is 1. The van der Waals surface area contributed by atoms with Crippen LogP contribution in [0.2, 0.25) is 0 Å². The molecule has 136 valence electrons. The van der Waals surface area contributed by atoms with Gasteiger partial charge in [0.2, 0.25) is 5.95 Å². The van der Waals surface area contributed by atoms with Crippen LogP contribution in [0.4, 0.5) is 5.95 Å². The molecule has 2 aliphatic rings. The number of hydrogen-bond acceptors (Lipinski definition) is 5. The van der Waals surface area contributed by atoms with Gasteiger partial charge in [0.15, 0.2) is 0 Å². The Morgan fingerprint density at radius 1 is 1.23 bits per heavy atom. The maximum absolute atomic E-state index is 13.0. The number of rotatable bonds is 2. The molecule has 1 aliphatic heterocycles. The first-order chi connectivity index (χ1) is 12.5. The van der Waals surface area contributed by atoms with Crippen LogP contribution in [0.5, 0.6) is 0 Å². The number of amides is 1. The minimum Gasteiger partial charge on any atom is -0.347 e. The Hall–Kier alpha value is -2.50. The standard InChI is InChI=1S/C20H25N5O/c1-14-6-4-7-16(22-14)18(26)25-11-5-9-20(13-25)10-8-15-12-21-19(24(2)3)23-17(15)20/h4,6-7,12H,5,8-11,13H2,1-3H3. The molecule has 1 fully saturated rings. The number of piperidine rings is 1. The lowest BCUT2D eigenvalue weighted by atomic mass is 9.77. The van der Waals surface area contributed by atoms with Crippen LogP contribution in [0.3, 0.4) is 0 Å². The fraction of sp³-hybridized carbons (Fsp3) is 0.500. The van der Waals surface area contributed by atoms with E-state index in [0.717, 1.165) is 56.1 Å². The molecule has 1 unspecified atom stereocenters. The highest BCUT2D eigenvalue weighted by molar-refractivity contribution is 5.92. The van der Waals surface area contributed by atoms with Gasteiger partial charge in [-0.25, -0.2) is 15.0 Å². The van der Waals surface area contributed by atoms with E-state index in [1.54, 1.807) is 0 Å². The lowest BCUT2D eigenvalue weighted by Gasteiger charge is -2.40. The van der Waals surface area contributed by atoms with Gasteiger partial charge < -0.3 is 9.80 Å². The van der Waals surface area contributed by atoms with Crippen molar-refractivity contribution in [1.82, 2.24) is 19.9 Å². The van der Waals surface area contributed by atoms with E-state index in [9.17, 15) is 4.79 Å². The summed E-state index contributed by atoms with van der Waals surface area (Å²) in [7, 11) is 3.92. The molecule has 2 aromatic heterocycles. The van der Waals surface area contributed by atoms with Crippen molar-refractivity contribution in [3.8, 4) is 0 Å². The highest BCUT2D eigenvalue weighted by atomic mass is 16.2. The van der Waals surface area contributed by atoms with Gasteiger partial charge in [-0.1, -0.05) is 6.07 Å². The van der Waals surface area contributed by atoms with Crippen molar-refractivity contribution in [2.24, 2.45) is 0 Å². The molecule has 0 N–H and O–H groups in total. The number of pyridine rings is 1. The number of likely N-dealkylation sites (tertiary alicyclic amines) is 1. The molecule has 0 aromatic carbocycles. The maximum Gasteiger partial charge on any atom is 0.272 e. The summed E-state index contributed by atoms with van der Waals surface area (Å²) in [5.74, 6) is 0.775. The van der Waals surface area contributed by atoms with E-state index in [2.05, 4.69) is 9.97 Å². The Bertz CT molecular complexity index is 846. The second-order valence-electron chi connectivity index (χ2n) is 7.71. The Morgan fingerprint density at radius 2 is 2.08 bits per heavy atom. The highest BCUT2D eigenvalue weighted by Crippen LogP contribution is 2.44. The lowest BCUT2D eigenvalue weighted by molar-refractivity contribution is 0.0627. The van der Waals surface area contributed by atoms with E-state index in [0.29, 0.717) is 5.69 Å². The highest BCUT2D eigenvalue weighted by Gasteiger charge is 2.45. The Labute approximate surface area is 154 Å². The molecule has 1 aliphatic carbocycles. The molecule has 0 saturated carbocycles. The first-order valence-electron chi connectivity index (χ1n) is 9.25. The third-order valence-corrected chi connectivity index (χ3v) is 5.60. The molecule has 3 heterocycles. The third kappa shape index (κ3) is 2.83. The third-order valence-electron chi connectivity index (χ3n) is 5.60. The van der Waals surface area contributed by atoms with Crippen LogP contribution >= 0.6 is 0 Å². The van der Waals surface area contributed by atoms with Crippen molar-refractivity contribution in [3.05, 3.63) is 47.0 Å². The van der Waals surface area contributed by atoms with Crippen molar-refractivity contribution in [2.75, 3.05) is 32.1 Å². The predicted octanol–water partition coefficient (Wildman–Crippen LogP) is 2.37. The summed E-state index contributed by atoms with van der Waals surface area (Å²) in [5, 5.41) is 0. The number of fused-ring (bicyclic) bond motifs is 2. The van der Waals surface area contributed by atoms with E-state index >= 15 is 0 Å². The van der Waals surface area contributed by atoms with Crippen molar-refractivity contribution in [1.29, 1.82) is 0 Å². The first kappa shape index (κ1) is 16.9. The van der Waals surface area contributed by atoms with Gasteiger partial charge in [0.05, 0.1) is 5.69 Å². The first-order valence-corrected chi connectivity index (χ1v) is 9.25. The summed E-state index contributed by atoms with van der Waals surface area (Å²) in [6.07, 6.45) is 6.08. The van der Waals surface area contributed by atoms with Crippen molar-refractivity contribution in [3.63, 3.8) is 0 Å². The SMILES string of the molecule is Cc1cccc(C(=O)N2CCCC3(CCc4cnc(N(C)C)nc43)C2)n1. The molecule has 0 radical (unpaired) electrons. The van der Waals surface area contributed by atoms with E-state index in [4.69, 9.17) is 4.98 Å². The Balaban J connectivity index is 1.64. The number of carbonyl (C=O) groups is 1. The normalized spacial score (nSPS) is 21.7. The fourth-order valence-electron chi connectivity index (χ4n) is 4.27. The molecule has 1 saturated heterocycles. The van der Waals surface area contributed by atoms with Crippen molar-refractivity contribution in [2.45, 2.75) is 38.0 Å². The van der Waals surface area contributed by atoms with Crippen LogP contribution in [-0.4, -0.2) is 52.9 Å². The summed E-state index contributed by atoms with van der Waals surface area (Å²) < 4.78 is 0. The lowest BCUT2D eigenvalue weighted by Crippen LogP contribution is -2.48. The molecule has 2 aromatic rings. The monoisotopic (exact) mass is 351 g/mol. The summed E-state index contributed by atoms with van der Waals surface area (Å²) in [6.45, 7) is 3.43. The minimum atomic E-state index is -0.0409. The molecule has 1 amide bonds. The minimum absolute atomic E-state index is 0.0307. The van der Waals surface area contributed by atoms with Gasteiger partial charge >= 0.3 is 0 Å². The van der Waals surface area contributed by atoms with Crippen LogP contribution in [0.25, 0.3) is 0 Å². The average molecular weight is 351 g/mol. The zero-order valence-electron chi connectivity index (χ0n) is 15.7. The predicted molar refractivity (Wildman–Crippen MR) is 100 cm³/mol. The molecule has 26 heavy (non-hydrogen) atoms. The molecule has 1 spiro atoms. The Morgan fingerprint density at radius 3 is 2.85 bits per heavy atom. The second-order valence-corrected chi connectivity index (χ2v) is 7.71. The Kier molecular flexibility index (Phi) is 4.13. The average Bonchev–Trinajstić information content (AvgIpc) is 2.98. The quantitative estimate of drug-likeness (QED) is 0.831. The van der Waals surface area contributed by atoms with E-state index in [-0.39, 0.29) is 11.3 Å². The van der Waals surface area contributed by atoms with E-state index in [1.165, 1.54) is 5.56 Å². The zero-order valence-corrected chi connectivity index (χ0v) is 15.7. The second kappa shape index (κ2) is 6.34.